The highest BCUT2D eigenvalue weighted by Crippen LogP contribution is 2.29. The molecule has 16 heavy (non-hydrogen) atoms. The van der Waals surface area contributed by atoms with Gasteiger partial charge < -0.3 is 0 Å². The minimum absolute atomic E-state index is 0.451. The average molecular weight is 215 g/mol. The first-order valence-corrected chi connectivity index (χ1v) is 6.15. The Bertz CT molecular complexity index is 388. The number of carbonyl (C=O) groups is 1. The lowest BCUT2D eigenvalue weighted by atomic mass is 9.93. The summed E-state index contributed by atoms with van der Waals surface area (Å²) in [4.78, 5) is 14.0. The van der Waals surface area contributed by atoms with Crippen molar-refractivity contribution in [2.75, 3.05) is 0 Å². The predicted octanol–water partition coefficient (Wildman–Crippen LogP) is 2.51. The summed E-state index contributed by atoms with van der Waals surface area (Å²) < 4.78 is 0. The highest BCUT2D eigenvalue weighted by atomic mass is 16.1. The minimum Gasteiger partial charge on any atom is -0.300 e. The van der Waals surface area contributed by atoms with Gasteiger partial charge in [0.15, 0.2) is 0 Å². The van der Waals surface area contributed by atoms with E-state index in [1.165, 1.54) is 17.5 Å². The van der Waals surface area contributed by atoms with E-state index in [2.05, 4.69) is 29.2 Å². The van der Waals surface area contributed by atoms with Gasteiger partial charge in [-0.05, 0) is 24.0 Å². The van der Waals surface area contributed by atoms with Gasteiger partial charge in [0.2, 0.25) is 0 Å². The molecular formula is C14H17NO. The molecule has 0 N–H and O–H groups in total. The monoisotopic (exact) mass is 215 g/mol. The lowest BCUT2D eigenvalue weighted by Crippen LogP contribution is -2.35. The Balaban J connectivity index is 1.73. The predicted molar refractivity (Wildman–Crippen MR) is 63.0 cm³/mol. The van der Waals surface area contributed by atoms with Crippen molar-refractivity contribution >= 4 is 5.78 Å². The quantitative estimate of drug-likeness (QED) is 0.717. The number of ketones is 1. The zero-order chi connectivity index (χ0) is 11.0. The fourth-order valence-corrected chi connectivity index (χ4v) is 2.93. The fourth-order valence-electron chi connectivity index (χ4n) is 2.93. The molecule has 0 amide bonds. The molecule has 84 valence electrons. The van der Waals surface area contributed by atoms with Crippen LogP contribution in [0, 0.1) is 0 Å². The Labute approximate surface area is 96.3 Å². The molecule has 2 nitrogen and oxygen atoms in total. The maximum atomic E-state index is 11.5. The van der Waals surface area contributed by atoms with E-state index < -0.39 is 0 Å². The van der Waals surface area contributed by atoms with Crippen LogP contribution in [0.15, 0.2) is 24.3 Å². The number of hydrogen-bond acceptors (Lipinski definition) is 2. The second-order valence-electron chi connectivity index (χ2n) is 4.96. The van der Waals surface area contributed by atoms with Crippen LogP contribution in [0.2, 0.25) is 0 Å². The van der Waals surface area contributed by atoms with Gasteiger partial charge in [0, 0.05) is 32.0 Å². The normalized spacial score (nSPS) is 25.8. The first-order valence-electron chi connectivity index (χ1n) is 6.15. The molecule has 2 aliphatic rings. The largest absolute Gasteiger partial charge is 0.300 e. The van der Waals surface area contributed by atoms with Gasteiger partial charge in [-0.1, -0.05) is 24.3 Å². The molecule has 0 saturated heterocycles. The maximum Gasteiger partial charge on any atom is 0.134 e. The van der Waals surface area contributed by atoms with Crippen LogP contribution in [0.25, 0.3) is 0 Å². The number of fused-ring (bicyclic) bond motifs is 1. The Morgan fingerprint density at radius 3 is 2.44 bits per heavy atom. The second kappa shape index (κ2) is 4.02. The summed E-state index contributed by atoms with van der Waals surface area (Å²) >= 11 is 0. The third-order valence-electron chi connectivity index (χ3n) is 3.84. The van der Waals surface area contributed by atoms with Gasteiger partial charge in [-0.3, -0.25) is 9.69 Å². The van der Waals surface area contributed by atoms with Crippen LogP contribution in [0.1, 0.15) is 36.8 Å². The molecule has 1 saturated carbocycles. The van der Waals surface area contributed by atoms with Crippen LogP contribution in [-0.2, 0) is 17.9 Å². The number of nitrogens with zero attached hydrogens (tertiary/aromatic N) is 1. The van der Waals surface area contributed by atoms with E-state index in [0.29, 0.717) is 11.8 Å². The van der Waals surface area contributed by atoms with Gasteiger partial charge in [0.05, 0.1) is 0 Å². The Kier molecular flexibility index (Phi) is 2.52. The maximum absolute atomic E-state index is 11.5. The number of carbonyl (C=O) groups excluding carboxylic acids is 1. The van der Waals surface area contributed by atoms with Gasteiger partial charge in [-0.15, -0.1) is 0 Å². The van der Waals surface area contributed by atoms with E-state index in [1.807, 2.05) is 0 Å². The molecule has 1 atom stereocenters. The Morgan fingerprint density at radius 1 is 1.12 bits per heavy atom. The lowest BCUT2D eigenvalue weighted by Gasteiger charge is -2.29. The van der Waals surface area contributed by atoms with Gasteiger partial charge in [-0.25, -0.2) is 0 Å². The van der Waals surface area contributed by atoms with E-state index in [1.54, 1.807) is 0 Å². The summed E-state index contributed by atoms with van der Waals surface area (Å²) in [7, 11) is 0. The molecule has 1 aliphatic carbocycles. The smallest absolute Gasteiger partial charge is 0.134 e. The molecule has 0 spiro atoms. The van der Waals surface area contributed by atoms with Crippen molar-refractivity contribution in [3.63, 3.8) is 0 Å². The van der Waals surface area contributed by atoms with Crippen LogP contribution >= 0.6 is 0 Å². The molecule has 1 heterocycles. The van der Waals surface area contributed by atoms with Gasteiger partial charge in [-0.2, -0.15) is 0 Å². The van der Waals surface area contributed by atoms with E-state index >= 15 is 0 Å². The van der Waals surface area contributed by atoms with Crippen molar-refractivity contribution < 1.29 is 4.79 Å². The molecule has 1 aromatic rings. The molecule has 1 aliphatic heterocycles. The summed E-state index contributed by atoms with van der Waals surface area (Å²) in [5.74, 6) is 0.451. The third kappa shape index (κ3) is 1.78. The van der Waals surface area contributed by atoms with Crippen LogP contribution in [0.4, 0.5) is 0 Å². The Hall–Kier alpha value is -1.15. The summed E-state index contributed by atoms with van der Waals surface area (Å²) in [5.41, 5.74) is 2.89. The summed E-state index contributed by atoms with van der Waals surface area (Å²) in [6, 6.07) is 9.12. The van der Waals surface area contributed by atoms with Gasteiger partial charge >= 0.3 is 0 Å². The topological polar surface area (TPSA) is 20.3 Å². The zero-order valence-corrected chi connectivity index (χ0v) is 9.48. The standard InChI is InChI=1S/C14H17NO/c16-14-7-3-6-13(8-14)15-9-11-4-1-2-5-12(11)10-15/h1-2,4-5,13H,3,6-10H2. The molecular weight excluding hydrogens is 198 g/mol. The van der Waals surface area contributed by atoms with Crippen molar-refractivity contribution in [3.8, 4) is 0 Å². The highest BCUT2D eigenvalue weighted by molar-refractivity contribution is 5.79. The van der Waals surface area contributed by atoms with Crippen LogP contribution in [0.3, 0.4) is 0 Å². The van der Waals surface area contributed by atoms with Crippen molar-refractivity contribution in [2.24, 2.45) is 0 Å². The number of Topliss-reactive ketones (excluding diaryl/α,β-unsaturated/α-hetero) is 1. The van der Waals surface area contributed by atoms with Crippen LogP contribution < -0.4 is 0 Å². The molecule has 0 aromatic heterocycles. The first-order chi connectivity index (χ1) is 7.83. The lowest BCUT2D eigenvalue weighted by molar-refractivity contribution is -0.122. The molecule has 0 radical (unpaired) electrons. The number of benzene rings is 1. The van der Waals surface area contributed by atoms with E-state index in [0.717, 1.165) is 32.4 Å². The molecule has 2 heteroatoms. The van der Waals surface area contributed by atoms with Crippen LogP contribution in [0.5, 0.6) is 0 Å². The second-order valence-corrected chi connectivity index (χ2v) is 4.96. The molecule has 3 rings (SSSR count). The first kappa shape index (κ1) is 10.0. The fraction of sp³-hybridized carbons (Fsp3) is 0.500. The van der Waals surface area contributed by atoms with Crippen molar-refractivity contribution in [1.82, 2.24) is 4.90 Å². The number of rotatable bonds is 1. The third-order valence-corrected chi connectivity index (χ3v) is 3.84. The minimum atomic E-state index is 0.451. The Morgan fingerprint density at radius 2 is 1.81 bits per heavy atom. The van der Waals surface area contributed by atoms with Gasteiger partial charge in [0.25, 0.3) is 0 Å². The summed E-state index contributed by atoms with van der Waals surface area (Å²) in [6.45, 7) is 2.07. The molecule has 1 fully saturated rings. The van der Waals surface area contributed by atoms with E-state index in [9.17, 15) is 4.79 Å². The van der Waals surface area contributed by atoms with E-state index in [-0.39, 0.29) is 0 Å². The van der Waals surface area contributed by atoms with Crippen molar-refractivity contribution in [1.29, 1.82) is 0 Å². The SMILES string of the molecule is O=C1CCCC(N2Cc3ccccc3C2)C1. The van der Waals surface area contributed by atoms with Crippen LogP contribution in [-0.4, -0.2) is 16.7 Å². The number of hydrogen-bond donors (Lipinski definition) is 0. The van der Waals surface area contributed by atoms with E-state index in [4.69, 9.17) is 0 Å². The molecule has 0 bridgehead atoms. The highest BCUT2D eigenvalue weighted by Gasteiger charge is 2.29. The average Bonchev–Trinajstić information content (AvgIpc) is 2.72. The summed E-state index contributed by atoms with van der Waals surface area (Å²) in [5, 5.41) is 0. The van der Waals surface area contributed by atoms with Crippen molar-refractivity contribution in [3.05, 3.63) is 35.4 Å². The zero-order valence-electron chi connectivity index (χ0n) is 9.48. The summed E-state index contributed by atoms with van der Waals surface area (Å²) in [6.07, 6.45) is 3.85. The molecule has 1 aromatic carbocycles. The van der Waals surface area contributed by atoms with Crippen molar-refractivity contribution in [2.45, 2.75) is 44.8 Å². The van der Waals surface area contributed by atoms with Gasteiger partial charge in [0.1, 0.15) is 5.78 Å². The molecule has 1 unspecified atom stereocenters.